The Morgan fingerprint density at radius 2 is 2.05 bits per heavy atom. The molecule has 19 heavy (non-hydrogen) atoms. The Labute approximate surface area is 122 Å². The Morgan fingerprint density at radius 1 is 1.26 bits per heavy atom. The molecule has 1 aliphatic heterocycles. The molecule has 0 radical (unpaired) electrons. The smallest absolute Gasteiger partial charge is 0.0968 e. The van der Waals surface area contributed by atoms with Crippen LogP contribution in [0.1, 0.15) is 30.3 Å². The lowest BCUT2D eigenvalue weighted by molar-refractivity contribution is 0.699. The van der Waals surface area contributed by atoms with Gasteiger partial charge in [-0.15, -0.1) is 11.3 Å². The Balaban J connectivity index is 2.15. The van der Waals surface area contributed by atoms with Crippen molar-refractivity contribution in [3.63, 3.8) is 0 Å². The second kappa shape index (κ2) is 5.03. The molecule has 1 atom stereocenters. The van der Waals surface area contributed by atoms with E-state index < -0.39 is 0 Å². The van der Waals surface area contributed by atoms with Crippen LogP contribution in [0.2, 0.25) is 0 Å². The number of thiophene rings is 1. The Hall–Kier alpha value is -1.25. The van der Waals surface area contributed by atoms with Crippen molar-refractivity contribution in [3.05, 3.63) is 57.6 Å². The van der Waals surface area contributed by atoms with Gasteiger partial charge < -0.3 is 5.32 Å². The van der Waals surface area contributed by atoms with Crippen molar-refractivity contribution in [2.75, 3.05) is 0 Å². The van der Waals surface area contributed by atoms with Crippen molar-refractivity contribution < 1.29 is 0 Å². The fraction of sp³-hybridized carbons (Fsp3) is 0.250. The minimum absolute atomic E-state index is 0.110. The molecular weight excluding hydrogens is 274 g/mol. The quantitative estimate of drug-likeness (QED) is 0.808. The first kappa shape index (κ1) is 12.8. The molecular formula is C16H16ClNS. The molecule has 3 heteroatoms. The molecule has 1 aromatic heterocycles. The topological polar surface area (TPSA) is 12.0 Å². The van der Waals surface area contributed by atoms with Gasteiger partial charge in [0.05, 0.1) is 6.04 Å². The summed E-state index contributed by atoms with van der Waals surface area (Å²) in [6, 6.07) is 8.70. The lowest BCUT2D eigenvalue weighted by Crippen LogP contribution is -2.22. The standard InChI is InChI=1S/C16H16ClNS/c1-3-11-12-6-4-5-7-14(12)19-16(11)15-13(17)9-8-10(2)18-15/h4-9,15,18H,3H2,1-2H3. The van der Waals surface area contributed by atoms with E-state index in [4.69, 9.17) is 11.6 Å². The number of allylic oxidation sites excluding steroid dienone is 3. The van der Waals surface area contributed by atoms with Crippen LogP contribution < -0.4 is 5.32 Å². The van der Waals surface area contributed by atoms with Gasteiger partial charge in [0.25, 0.3) is 0 Å². The Kier molecular flexibility index (Phi) is 3.38. The molecule has 1 aliphatic rings. The van der Waals surface area contributed by atoms with Gasteiger partial charge in [0, 0.05) is 20.3 Å². The number of benzene rings is 1. The van der Waals surface area contributed by atoms with Crippen molar-refractivity contribution in [2.24, 2.45) is 0 Å². The van der Waals surface area contributed by atoms with Crippen LogP contribution in [0.15, 0.2) is 47.1 Å². The van der Waals surface area contributed by atoms with Gasteiger partial charge in [-0.2, -0.15) is 0 Å². The van der Waals surface area contributed by atoms with Gasteiger partial charge >= 0.3 is 0 Å². The fourth-order valence-corrected chi connectivity index (χ4v) is 4.21. The highest BCUT2D eigenvalue weighted by Crippen LogP contribution is 2.40. The van der Waals surface area contributed by atoms with Crippen molar-refractivity contribution in [1.29, 1.82) is 0 Å². The Morgan fingerprint density at radius 3 is 2.84 bits per heavy atom. The van der Waals surface area contributed by atoms with Crippen molar-refractivity contribution in [2.45, 2.75) is 26.3 Å². The highest BCUT2D eigenvalue weighted by Gasteiger charge is 2.23. The molecule has 3 rings (SSSR count). The molecule has 1 unspecified atom stereocenters. The number of fused-ring (bicyclic) bond motifs is 1. The first-order chi connectivity index (χ1) is 9.20. The van der Waals surface area contributed by atoms with E-state index in [0.717, 1.165) is 17.2 Å². The largest absolute Gasteiger partial charge is 0.376 e. The molecule has 1 N–H and O–H groups in total. The highest BCUT2D eigenvalue weighted by atomic mass is 35.5. The first-order valence-corrected chi connectivity index (χ1v) is 7.71. The molecule has 1 aromatic carbocycles. The highest BCUT2D eigenvalue weighted by molar-refractivity contribution is 7.19. The third kappa shape index (κ3) is 2.19. The van der Waals surface area contributed by atoms with Crippen molar-refractivity contribution in [1.82, 2.24) is 5.32 Å². The maximum atomic E-state index is 6.40. The molecule has 0 amide bonds. The summed E-state index contributed by atoms with van der Waals surface area (Å²) in [5, 5.41) is 5.72. The molecule has 0 aliphatic carbocycles. The van der Waals surface area contributed by atoms with Gasteiger partial charge in [-0.05, 0) is 42.5 Å². The number of nitrogens with one attached hydrogen (secondary N) is 1. The van der Waals surface area contributed by atoms with Crippen molar-refractivity contribution >= 4 is 33.0 Å². The van der Waals surface area contributed by atoms with Crippen LogP contribution in [0.3, 0.4) is 0 Å². The lowest BCUT2D eigenvalue weighted by Gasteiger charge is -2.23. The molecule has 2 aromatic rings. The summed E-state index contributed by atoms with van der Waals surface area (Å²) in [5.74, 6) is 0. The van der Waals surface area contributed by atoms with Gasteiger partial charge in [-0.3, -0.25) is 0 Å². The SMILES string of the molecule is CCc1c(C2NC(C)=CC=C2Cl)sc2ccccc12. The molecule has 98 valence electrons. The van der Waals surface area contributed by atoms with Crippen LogP contribution in [0.5, 0.6) is 0 Å². The van der Waals surface area contributed by atoms with Gasteiger partial charge in [-0.25, -0.2) is 0 Å². The van der Waals surface area contributed by atoms with Gasteiger partial charge in [0.15, 0.2) is 0 Å². The molecule has 2 heterocycles. The number of dihydropyridines is 1. The average Bonchev–Trinajstić information content (AvgIpc) is 2.79. The predicted molar refractivity (Wildman–Crippen MR) is 84.8 cm³/mol. The first-order valence-electron chi connectivity index (χ1n) is 6.51. The molecule has 1 nitrogen and oxygen atoms in total. The maximum Gasteiger partial charge on any atom is 0.0968 e. The number of aryl methyl sites for hydroxylation is 1. The van der Waals surface area contributed by atoms with E-state index in [9.17, 15) is 0 Å². The third-order valence-corrected chi connectivity index (χ3v) is 5.11. The second-order valence-corrected chi connectivity index (χ2v) is 6.29. The van der Waals surface area contributed by atoms with E-state index in [1.54, 1.807) is 0 Å². The maximum absolute atomic E-state index is 6.40. The van der Waals surface area contributed by atoms with Crippen LogP contribution in [0, 0.1) is 0 Å². The summed E-state index contributed by atoms with van der Waals surface area (Å²) < 4.78 is 1.34. The molecule has 0 saturated carbocycles. The normalized spacial score (nSPS) is 19.0. The van der Waals surface area contributed by atoms with E-state index in [0.29, 0.717) is 0 Å². The van der Waals surface area contributed by atoms with E-state index in [1.807, 2.05) is 23.5 Å². The summed E-state index contributed by atoms with van der Waals surface area (Å²) in [6.07, 6.45) is 5.06. The van der Waals surface area contributed by atoms with Gasteiger partial charge in [0.2, 0.25) is 0 Å². The lowest BCUT2D eigenvalue weighted by atomic mass is 10.0. The van der Waals surface area contributed by atoms with E-state index in [-0.39, 0.29) is 6.04 Å². The predicted octanol–water partition coefficient (Wildman–Crippen LogP) is 5.13. The van der Waals surface area contributed by atoms with Crippen molar-refractivity contribution in [3.8, 4) is 0 Å². The minimum atomic E-state index is 0.110. The van der Waals surface area contributed by atoms with Gasteiger partial charge in [-0.1, -0.05) is 36.7 Å². The summed E-state index contributed by atoms with van der Waals surface area (Å²) in [4.78, 5) is 1.34. The van der Waals surface area contributed by atoms with E-state index >= 15 is 0 Å². The average molecular weight is 290 g/mol. The van der Waals surface area contributed by atoms with E-state index in [1.165, 1.54) is 20.5 Å². The number of halogens is 1. The number of rotatable bonds is 2. The van der Waals surface area contributed by atoms with Crippen LogP contribution >= 0.6 is 22.9 Å². The van der Waals surface area contributed by atoms with Crippen LogP contribution in [0.25, 0.3) is 10.1 Å². The second-order valence-electron chi connectivity index (χ2n) is 4.77. The zero-order valence-electron chi connectivity index (χ0n) is 11.0. The van der Waals surface area contributed by atoms with Crippen LogP contribution in [-0.4, -0.2) is 0 Å². The summed E-state index contributed by atoms with van der Waals surface area (Å²) in [5.41, 5.74) is 2.58. The molecule has 0 spiro atoms. The minimum Gasteiger partial charge on any atom is -0.376 e. The molecule has 0 bridgehead atoms. The summed E-state index contributed by atoms with van der Waals surface area (Å²) in [6.45, 7) is 4.28. The van der Waals surface area contributed by atoms with Crippen LogP contribution in [0.4, 0.5) is 0 Å². The van der Waals surface area contributed by atoms with Gasteiger partial charge in [0.1, 0.15) is 0 Å². The molecule has 0 fully saturated rings. The third-order valence-electron chi connectivity index (χ3n) is 3.49. The Bertz CT molecular complexity index is 681. The van der Waals surface area contributed by atoms with E-state index in [2.05, 4.69) is 43.4 Å². The summed E-state index contributed by atoms with van der Waals surface area (Å²) in [7, 11) is 0. The summed E-state index contributed by atoms with van der Waals surface area (Å²) >= 11 is 8.25. The molecule has 0 saturated heterocycles. The zero-order valence-corrected chi connectivity index (χ0v) is 12.6. The number of hydrogen-bond acceptors (Lipinski definition) is 2. The number of hydrogen-bond donors (Lipinski definition) is 1. The fourth-order valence-electron chi connectivity index (χ4n) is 2.55. The zero-order chi connectivity index (χ0) is 13.4. The van der Waals surface area contributed by atoms with Crippen LogP contribution in [-0.2, 0) is 6.42 Å². The monoisotopic (exact) mass is 289 g/mol.